The molecule has 9 heteroatoms. The fourth-order valence-corrected chi connectivity index (χ4v) is 5.06. The van der Waals surface area contributed by atoms with Gasteiger partial charge in [-0.25, -0.2) is 4.79 Å². The summed E-state index contributed by atoms with van der Waals surface area (Å²) in [5, 5.41) is 5.62. The molecule has 0 heterocycles. The number of nitrogens with two attached hydrogens (primary N) is 1. The Kier molecular flexibility index (Phi) is 9.28. The van der Waals surface area contributed by atoms with E-state index in [1.165, 1.54) is 4.90 Å². The van der Waals surface area contributed by atoms with Gasteiger partial charge in [0.15, 0.2) is 0 Å². The lowest BCUT2D eigenvalue weighted by Gasteiger charge is -2.36. The van der Waals surface area contributed by atoms with E-state index in [1.807, 2.05) is 71.0 Å². The summed E-state index contributed by atoms with van der Waals surface area (Å²) < 4.78 is 5.36. The number of aryl methyl sites for hydroxylation is 4. The molecule has 4 amide bonds. The molecule has 0 saturated heterocycles. The highest BCUT2D eigenvalue weighted by Crippen LogP contribution is 2.42. The quantitative estimate of drug-likeness (QED) is 0.420. The summed E-state index contributed by atoms with van der Waals surface area (Å²) >= 11 is 0. The molecule has 1 aliphatic rings. The molecule has 1 saturated carbocycles. The van der Waals surface area contributed by atoms with E-state index in [-0.39, 0.29) is 17.9 Å². The molecule has 1 aliphatic carbocycles. The van der Waals surface area contributed by atoms with Crippen LogP contribution in [-0.4, -0.2) is 46.4 Å². The number of carbonyl (C=O) groups is 4. The Morgan fingerprint density at radius 3 is 1.93 bits per heavy atom. The number of hydrogen-bond acceptors (Lipinski definition) is 5. The van der Waals surface area contributed by atoms with E-state index in [0.717, 1.165) is 22.3 Å². The summed E-state index contributed by atoms with van der Waals surface area (Å²) in [6, 6.07) is 8.87. The molecule has 3 rings (SSSR count). The maximum absolute atomic E-state index is 14.3. The van der Waals surface area contributed by atoms with Crippen molar-refractivity contribution < 1.29 is 23.9 Å². The van der Waals surface area contributed by atoms with Gasteiger partial charge in [0.2, 0.25) is 11.8 Å². The fourth-order valence-electron chi connectivity index (χ4n) is 5.06. The minimum absolute atomic E-state index is 0.125. The van der Waals surface area contributed by atoms with Gasteiger partial charge in [0.25, 0.3) is 5.91 Å². The van der Waals surface area contributed by atoms with Gasteiger partial charge in [0, 0.05) is 11.7 Å². The molecule has 0 bridgehead atoms. The van der Waals surface area contributed by atoms with Crippen LogP contribution in [0.25, 0.3) is 0 Å². The van der Waals surface area contributed by atoms with Crippen LogP contribution >= 0.6 is 0 Å². The largest absolute Gasteiger partial charge is 0.444 e. The number of primary amides is 1. The summed E-state index contributed by atoms with van der Waals surface area (Å²) in [5.74, 6) is -1.58. The number of amides is 4. The standard InChI is InChI=1S/C31H42N4O5/c1-17-11-9-12-18(2)25(17)27(28(37)34-26-19(3)13-10-14-20(26)4)35(23-15-21(23)5)29(38)22(16-24(32)36)33-30(39)40-31(6,7)8/h9-14,21-23,27H,15-16H2,1-8H3,(H2,32,36)(H,33,39)(H,34,37). The number of benzene rings is 2. The van der Waals surface area contributed by atoms with Crippen molar-refractivity contribution in [3.05, 3.63) is 64.2 Å². The highest BCUT2D eigenvalue weighted by atomic mass is 16.6. The lowest BCUT2D eigenvalue weighted by molar-refractivity contribution is -0.142. The lowest BCUT2D eigenvalue weighted by Crippen LogP contribution is -2.54. The number of nitrogens with one attached hydrogen (secondary N) is 2. The number of anilines is 1. The third kappa shape index (κ3) is 7.40. The Morgan fingerprint density at radius 2 is 1.48 bits per heavy atom. The Labute approximate surface area is 236 Å². The molecule has 4 N–H and O–H groups in total. The third-order valence-electron chi connectivity index (χ3n) is 7.14. The second-order valence-corrected chi connectivity index (χ2v) is 11.9. The van der Waals surface area contributed by atoms with E-state index in [0.29, 0.717) is 17.7 Å². The first-order valence-corrected chi connectivity index (χ1v) is 13.6. The minimum Gasteiger partial charge on any atom is -0.444 e. The summed E-state index contributed by atoms with van der Waals surface area (Å²) in [6.45, 7) is 14.7. The average Bonchev–Trinajstić information content (AvgIpc) is 3.54. The molecule has 0 spiro atoms. The van der Waals surface area contributed by atoms with Gasteiger partial charge < -0.3 is 26.0 Å². The first-order valence-electron chi connectivity index (χ1n) is 13.6. The Bertz CT molecular complexity index is 1260. The molecule has 4 unspecified atom stereocenters. The summed E-state index contributed by atoms with van der Waals surface area (Å²) in [4.78, 5) is 54.8. The van der Waals surface area contributed by atoms with E-state index in [2.05, 4.69) is 10.6 Å². The molecule has 216 valence electrons. The number of alkyl carbamates (subject to hydrolysis) is 1. The summed E-state index contributed by atoms with van der Waals surface area (Å²) in [5.41, 5.74) is 9.55. The monoisotopic (exact) mass is 550 g/mol. The normalized spacial score (nSPS) is 17.8. The van der Waals surface area contributed by atoms with Crippen LogP contribution in [0.15, 0.2) is 36.4 Å². The van der Waals surface area contributed by atoms with Gasteiger partial charge in [-0.1, -0.05) is 43.3 Å². The zero-order valence-electron chi connectivity index (χ0n) is 24.8. The van der Waals surface area contributed by atoms with Crippen molar-refractivity contribution >= 4 is 29.5 Å². The number of rotatable bonds is 9. The van der Waals surface area contributed by atoms with Crippen molar-refractivity contribution in [1.29, 1.82) is 0 Å². The zero-order valence-corrected chi connectivity index (χ0v) is 24.8. The van der Waals surface area contributed by atoms with Crippen LogP contribution in [0.3, 0.4) is 0 Å². The average molecular weight is 551 g/mol. The maximum Gasteiger partial charge on any atom is 0.408 e. The minimum atomic E-state index is -1.31. The number of ether oxygens (including phenoxy) is 1. The SMILES string of the molecule is Cc1cccc(C)c1NC(=O)C(c1c(C)cccc1C)N(C(=O)C(CC(N)=O)NC(=O)OC(C)(C)C)C1CC1C. The Hall–Kier alpha value is -3.88. The van der Waals surface area contributed by atoms with Crippen molar-refractivity contribution in [3.8, 4) is 0 Å². The number of para-hydroxylation sites is 1. The lowest BCUT2D eigenvalue weighted by atomic mass is 9.93. The zero-order chi connectivity index (χ0) is 29.9. The Morgan fingerprint density at radius 1 is 0.975 bits per heavy atom. The molecule has 9 nitrogen and oxygen atoms in total. The smallest absolute Gasteiger partial charge is 0.408 e. The predicted octanol–water partition coefficient (Wildman–Crippen LogP) is 4.61. The van der Waals surface area contributed by atoms with Gasteiger partial charge in [0.1, 0.15) is 17.7 Å². The second kappa shape index (κ2) is 12.1. The molecule has 0 aliphatic heterocycles. The van der Waals surface area contributed by atoms with Crippen molar-refractivity contribution in [1.82, 2.24) is 10.2 Å². The van der Waals surface area contributed by atoms with Crippen LogP contribution in [0.1, 0.15) is 74.4 Å². The summed E-state index contributed by atoms with van der Waals surface area (Å²) in [7, 11) is 0. The maximum atomic E-state index is 14.3. The molecule has 4 atom stereocenters. The van der Waals surface area contributed by atoms with Crippen molar-refractivity contribution in [2.75, 3.05) is 5.32 Å². The van der Waals surface area contributed by atoms with Gasteiger partial charge in [-0.2, -0.15) is 0 Å². The van der Waals surface area contributed by atoms with Crippen LogP contribution < -0.4 is 16.4 Å². The van der Waals surface area contributed by atoms with Crippen molar-refractivity contribution in [2.45, 2.75) is 92.0 Å². The number of carbonyl (C=O) groups excluding carboxylic acids is 4. The molecule has 40 heavy (non-hydrogen) atoms. The fraction of sp³-hybridized carbons (Fsp3) is 0.484. The van der Waals surface area contributed by atoms with Crippen molar-refractivity contribution in [2.24, 2.45) is 11.7 Å². The molecule has 2 aromatic rings. The first kappa shape index (κ1) is 30.7. The molecular formula is C31H42N4O5. The third-order valence-corrected chi connectivity index (χ3v) is 7.14. The van der Waals surface area contributed by atoms with Crippen LogP contribution in [-0.2, 0) is 19.1 Å². The van der Waals surface area contributed by atoms with Crippen LogP contribution in [0.5, 0.6) is 0 Å². The highest BCUT2D eigenvalue weighted by molar-refractivity contribution is 6.01. The molecular weight excluding hydrogens is 508 g/mol. The van der Waals surface area contributed by atoms with Gasteiger partial charge >= 0.3 is 6.09 Å². The number of hydrogen-bond donors (Lipinski definition) is 3. The Balaban J connectivity index is 2.12. The molecule has 0 aromatic heterocycles. The predicted molar refractivity (Wildman–Crippen MR) is 155 cm³/mol. The van der Waals surface area contributed by atoms with Crippen LogP contribution in [0, 0.1) is 33.6 Å². The van der Waals surface area contributed by atoms with Crippen LogP contribution in [0.2, 0.25) is 0 Å². The highest BCUT2D eigenvalue weighted by Gasteiger charge is 2.49. The van der Waals surface area contributed by atoms with Gasteiger partial charge in [-0.15, -0.1) is 0 Å². The number of nitrogens with zero attached hydrogens (tertiary/aromatic N) is 1. The molecule has 1 fully saturated rings. The van der Waals surface area contributed by atoms with E-state index in [4.69, 9.17) is 10.5 Å². The van der Waals surface area contributed by atoms with E-state index in [1.54, 1.807) is 20.8 Å². The van der Waals surface area contributed by atoms with E-state index in [9.17, 15) is 19.2 Å². The molecule has 0 radical (unpaired) electrons. The van der Waals surface area contributed by atoms with Crippen molar-refractivity contribution in [3.63, 3.8) is 0 Å². The topological polar surface area (TPSA) is 131 Å². The van der Waals surface area contributed by atoms with Gasteiger partial charge in [-0.05, 0) is 88.6 Å². The van der Waals surface area contributed by atoms with Gasteiger partial charge in [0.05, 0.1) is 6.42 Å². The summed E-state index contributed by atoms with van der Waals surface area (Å²) in [6.07, 6.45) is -0.604. The van der Waals surface area contributed by atoms with E-state index >= 15 is 0 Å². The first-order chi connectivity index (χ1) is 18.6. The van der Waals surface area contributed by atoms with Crippen LogP contribution in [0.4, 0.5) is 10.5 Å². The van der Waals surface area contributed by atoms with Gasteiger partial charge in [-0.3, -0.25) is 14.4 Å². The second-order valence-electron chi connectivity index (χ2n) is 11.9. The van der Waals surface area contributed by atoms with E-state index < -0.39 is 42.0 Å². The molecule has 2 aromatic carbocycles.